The number of benzene rings is 1. The quantitative estimate of drug-likeness (QED) is 0.802. The first-order valence-electron chi connectivity index (χ1n) is 5.87. The minimum Gasteiger partial charge on any atom is -0.484 e. The second-order valence-electron chi connectivity index (χ2n) is 5.14. The van der Waals surface area contributed by atoms with E-state index in [1.54, 1.807) is 6.07 Å². The minimum atomic E-state index is -0.375. The molecule has 1 saturated carbocycles. The van der Waals surface area contributed by atoms with E-state index in [1.165, 1.54) is 13.0 Å². The molecule has 0 bridgehead atoms. The summed E-state index contributed by atoms with van der Waals surface area (Å²) in [5.41, 5.74) is 1.46. The van der Waals surface area contributed by atoms with E-state index < -0.39 is 0 Å². The molecule has 0 unspecified atom stereocenters. The van der Waals surface area contributed by atoms with Gasteiger partial charge in [-0.05, 0) is 56.9 Å². The van der Waals surface area contributed by atoms with E-state index in [1.807, 2.05) is 13.8 Å². The predicted octanol–water partition coefficient (Wildman–Crippen LogP) is 3.20. The Bertz CT molecular complexity index is 462. The van der Waals surface area contributed by atoms with E-state index in [0.29, 0.717) is 5.75 Å². The molecule has 2 nitrogen and oxygen atoms in total. The summed E-state index contributed by atoms with van der Waals surface area (Å²) in [4.78, 5) is 11.0. The van der Waals surface area contributed by atoms with Crippen molar-refractivity contribution in [2.24, 2.45) is 0 Å². The Morgan fingerprint density at radius 3 is 2.65 bits per heavy atom. The van der Waals surface area contributed by atoms with E-state index in [4.69, 9.17) is 4.74 Å². The predicted molar refractivity (Wildman–Crippen MR) is 63.8 cm³/mol. The van der Waals surface area contributed by atoms with Crippen molar-refractivity contribution in [1.82, 2.24) is 0 Å². The van der Waals surface area contributed by atoms with Crippen LogP contribution in [0.5, 0.6) is 5.75 Å². The monoisotopic (exact) mass is 236 g/mol. The summed E-state index contributed by atoms with van der Waals surface area (Å²) in [6, 6.07) is 3.11. The Labute approximate surface area is 101 Å². The van der Waals surface area contributed by atoms with Gasteiger partial charge in [0.1, 0.15) is 11.4 Å². The molecule has 1 aliphatic carbocycles. The van der Waals surface area contributed by atoms with Crippen LogP contribution in [0.25, 0.3) is 0 Å². The van der Waals surface area contributed by atoms with Crippen LogP contribution in [0.3, 0.4) is 0 Å². The first-order valence-corrected chi connectivity index (χ1v) is 5.87. The number of halogens is 1. The Kier molecular flexibility index (Phi) is 2.94. The number of aryl methyl sites for hydroxylation is 1. The molecule has 0 saturated heterocycles. The summed E-state index contributed by atoms with van der Waals surface area (Å²) in [6.07, 6.45) is 2.22. The lowest BCUT2D eigenvalue weighted by Gasteiger charge is -2.15. The standard InChI is InChI=1S/C14H17FO2/c1-9-6-13(17-14(3)4-5-14)12(15)8-11(9)7-10(2)16/h6,8H,4-5,7H2,1-3H3. The highest BCUT2D eigenvalue weighted by Crippen LogP contribution is 2.40. The number of carbonyl (C=O) groups excluding carboxylic acids is 1. The molecule has 1 fully saturated rings. The van der Waals surface area contributed by atoms with E-state index in [-0.39, 0.29) is 23.6 Å². The van der Waals surface area contributed by atoms with Gasteiger partial charge in [-0.3, -0.25) is 4.79 Å². The van der Waals surface area contributed by atoms with Crippen LogP contribution >= 0.6 is 0 Å². The molecular formula is C14H17FO2. The lowest BCUT2D eigenvalue weighted by Crippen LogP contribution is -2.13. The molecule has 0 aliphatic heterocycles. The number of hydrogen-bond acceptors (Lipinski definition) is 2. The van der Waals surface area contributed by atoms with Crippen LogP contribution in [-0.2, 0) is 11.2 Å². The number of rotatable bonds is 4. The number of Topliss-reactive ketones (excluding diaryl/α,β-unsaturated/α-hetero) is 1. The molecule has 1 aromatic rings. The second kappa shape index (κ2) is 4.13. The van der Waals surface area contributed by atoms with Crippen molar-refractivity contribution in [1.29, 1.82) is 0 Å². The van der Waals surface area contributed by atoms with Gasteiger partial charge in [0.05, 0.1) is 0 Å². The van der Waals surface area contributed by atoms with E-state index in [0.717, 1.165) is 24.0 Å². The van der Waals surface area contributed by atoms with Crippen LogP contribution in [0, 0.1) is 12.7 Å². The highest BCUT2D eigenvalue weighted by molar-refractivity contribution is 5.78. The molecule has 0 radical (unpaired) electrons. The fraction of sp³-hybridized carbons (Fsp3) is 0.500. The second-order valence-corrected chi connectivity index (χ2v) is 5.14. The van der Waals surface area contributed by atoms with Crippen LogP contribution in [0.4, 0.5) is 4.39 Å². The van der Waals surface area contributed by atoms with Gasteiger partial charge >= 0.3 is 0 Å². The summed E-state index contributed by atoms with van der Waals surface area (Å²) in [7, 11) is 0. The molecular weight excluding hydrogens is 219 g/mol. The van der Waals surface area contributed by atoms with Crippen molar-refractivity contribution >= 4 is 5.78 Å². The zero-order chi connectivity index (χ0) is 12.6. The largest absolute Gasteiger partial charge is 0.484 e. The van der Waals surface area contributed by atoms with Gasteiger partial charge in [-0.1, -0.05) is 0 Å². The highest BCUT2D eigenvalue weighted by atomic mass is 19.1. The summed E-state index contributed by atoms with van der Waals surface area (Å²) in [5.74, 6) is -0.0369. The van der Waals surface area contributed by atoms with Crippen LogP contribution in [0.2, 0.25) is 0 Å². The zero-order valence-corrected chi connectivity index (χ0v) is 10.5. The van der Waals surface area contributed by atoms with Gasteiger partial charge in [0.2, 0.25) is 0 Å². The SMILES string of the molecule is CC(=O)Cc1cc(F)c(OC2(C)CC2)cc1C. The van der Waals surface area contributed by atoms with Gasteiger partial charge in [-0.25, -0.2) is 4.39 Å². The topological polar surface area (TPSA) is 26.3 Å². The van der Waals surface area contributed by atoms with Crippen molar-refractivity contribution in [2.75, 3.05) is 0 Å². The third kappa shape index (κ3) is 2.84. The molecule has 2 rings (SSSR count). The normalized spacial score (nSPS) is 16.7. The summed E-state index contributed by atoms with van der Waals surface area (Å²) < 4.78 is 19.4. The van der Waals surface area contributed by atoms with Gasteiger partial charge in [0.25, 0.3) is 0 Å². The molecule has 3 heteroatoms. The maximum Gasteiger partial charge on any atom is 0.165 e. The van der Waals surface area contributed by atoms with Gasteiger partial charge in [-0.2, -0.15) is 0 Å². The molecule has 0 aromatic heterocycles. The molecule has 1 aromatic carbocycles. The van der Waals surface area contributed by atoms with E-state index in [9.17, 15) is 9.18 Å². The van der Waals surface area contributed by atoms with Crippen LogP contribution < -0.4 is 4.74 Å². The Balaban J connectivity index is 2.24. The fourth-order valence-electron chi connectivity index (χ4n) is 1.78. The first-order chi connectivity index (χ1) is 7.89. The van der Waals surface area contributed by atoms with Gasteiger partial charge in [-0.15, -0.1) is 0 Å². The lowest BCUT2D eigenvalue weighted by atomic mass is 10.0. The number of hydrogen-bond donors (Lipinski definition) is 0. The Morgan fingerprint density at radius 1 is 1.47 bits per heavy atom. The van der Waals surface area contributed by atoms with Crippen molar-refractivity contribution in [3.8, 4) is 5.75 Å². The Hall–Kier alpha value is -1.38. The summed E-state index contributed by atoms with van der Waals surface area (Å²) >= 11 is 0. The maximum atomic E-state index is 13.8. The third-order valence-corrected chi connectivity index (χ3v) is 3.14. The van der Waals surface area contributed by atoms with Crippen LogP contribution in [0.1, 0.15) is 37.8 Å². The Morgan fingerprint density at radius 2 is 2.12 bits per heavy atom. The maximum absolute atomic E-state index is 13.8. The minimum absolute atomic E-state index is 0.0373. The number of carbonyl (C=O) groups is 1. The molecule has 0 amide bonds. The molecule has 17 heavy (non-hydrogen) atoms. The van der Waals surface area contributed by atoms with Crippen LogP contribution in [-0.4, -0.2) is 11.4 Å². The fourth-order valence-corrected chi connectivity index (χ4v) is 1.78. The van der Waals surface area contributed by atoms with E-state index in [2.05, 4.69) is 0 Å². The summed E-state index contributed by atoms with van der Waals surface area (Å²) in [5, 5.41) is 0. The number of ether oxygens (including phenoxy) is 1. The van der Waals surface area contributed by atoms with Gasteiger partial charge in [0, 0.05) is 6.42 Å². The summed E-state index contributed by atoms with van der Waals surface area (Å²) in [6.45, 7) is 5.36. The lowest BCUT2D eigenvalue weighted by molar-refractivity contribution is -0.116. The average Bonchev–Trinajstić information content (AvgIpc) is 2.91. The molecule has 0 atom stereocenters. The van der Waals surface area contributed by atoms with Crippen molar-refractivity contribution in [3.63, 3.8) is 0 Å². The molecule has 0 N–H and O–H groups in total. The van der Waals surface area contributed by atoms with Crippen molar-refractivity contribution in [2.45, 2.75) is 45.6 Å². The highest BCUT2D eigenvalue weighted by Gasteiger charge is 2.40. The zero-order valence-electron chi connectivity index (χ0n) is 10.5. The van der Waals surface area contributed by atoms with E-state index >= 15 is 0 Å². The van der Waals surface area contributed by atoms with Crippen LogP contribution in [0.15, 0.2) is 12.1 Å². The average molecular weight is 236 g/mol. The first kappa shape index (κ1) is 12.1. The van der Waals surface area contributed by atoms with Crippen molar-refractivity contribution < 1.29 is 13.9 Å². The third-order valence-electron chi connectivity index (χ3n) is 3.14. The molecule has 1 aliphatic rings. The van der Waals surface area contributed by atoms with Gasteiger partial charge < -0.3 is 4.74 Å². The molecule has 0 heterocycles. The molecule has 0 spiro atoms. The van der Waals surface area contributed by atoms with Gasteiger partial charge in [0.15, 0.2) is 11.6 Å². The molecule has 92 valence electrons. The smallest absolute Gasteiger partial charge is 0.165 e. The number of ketones is 1. The van der Waals surface area contributed by atoms with Crippen molar-refractivity contribution in [3.05, 3.63) is 29.1 Å².